The lowest BCUT2D eigenvalue weighted by molar-refractivity contribution is -0.0197. The number of benzene rings is 1. The summed E-state index contributed by atoms with van der Waals surface area (Å²) >= 11 is 3.35. The van der Waals surface area contributed by atoms with Crippen molar-refractivity contribution in [3.05, 3.63) is 34.3 Å². The van der Waals surface area contributed by atoms with E-state index in [9.17, 15) is 4.79 Å². The lowest BCUT2D eigenvalue weighted by atomic mass is 10.1. The normalized spacial score (nSPS) is 13.3. The molecule has 0 aliphatic rings. The minimum atomic E-state index is -0.436. The van der Waals surface area contributed by atoms with Crippen LogP contribution in [-0.4, -0.2) is 31.2 Å². The number of carbonyl (C=O) groups is 1. The number of halogens is 1. The predicted octanol–water partition coefficient (Wildman–Crippen LogP) is 3.85. The molecular weight excluding hydrogens is 308 g/mol. The molecule has 1 rings (SSSR count). The summed E-state index contributed by atoms with van der Waals surface area (Å²) in [6, 6.07) is 7.30. The van der Waals surface area contributed by atoms with Gasteiger partial charge in [0.05, 0.1) is 12.2 Å². The summed E-state index contributed by atoms with van der Waals surface area (Å²) in [5, 5.41) is 0. The first-order chi connectivity index (χ1) is 8.85. The molecule has 0 spiro atoms. The van der Waals surface area contributed by atoms with Crippen molar-refractivity contribution < 1.29 is 14.3 Å². The van der Waals surface area contributed by atoms with E-state index >= 15 is 0 Å². The van der Waals surface area contributed by atoms with Gasteiger partial charge in [0, 0.05) is 17.1 Å². The molecule has 0 aromatic heterocycles. The third-order valence-electron chi connectivity index (χ3n) is 3.12. The maximum absolute atomic E-state index is 12.1. The van der Waals surface area contributed by atoms with Gasteiger partial charge >= 0.3 is 0 Å². The standard InChI is InChI=1S/C15H21BrO3/c1-11(19-10-9-15(2,3)18-4)14(17)12-5-7-13(16)8-6-12/h5-8,11H,9-10H2,1-4H3. The minimum Gasteiger partial charge on any atom is -0.379 e. The van der Waals surface area contributed by atoms with E-state index in [1.807, 2.05) is 26.0 Å². The number of rotatable bonds is 7. The smallest absolute Gasteiger partial charge is 0.191 e. The molecule has 3 nitrogen and oxygen atoms in total. The van der Waals surface area contributed by atoms with Gasteiger partial charge in [-0.05, 0) is 39.3 Å². The Balaban J connectivity index is 2.47. The van der Waals surface area contributed by atoms with Crippen LogP contribution >= 0.6 is 15.9 Å². The van der Waals surface area contributed by atoms with E-state index in [2.05, 4.69) is 15.9 Å². The lowest BCUT2D eigenvalue weighted by Gasteiger charge is -2.23. The first-order valence-electron chi connectivity index (χ1n) is 6.32. The summed E-state index contributed by atoms with van der Waals surface area (Å²) in [7, 11) is 1.68. The van der Waals surface area contributed by atoms with E-state index < -0.39 is 6.10 Å². The summed E-state index contributed by atoms with van der Waals surface area (Å²) in [4.78, 5) is 12.1. The van der Waals surface area contributed by atoms with Gasteiger partial charge in [0.1, 0.15) is 6.10 Å². The van der Waals surface area contributed by atoms with Crippen molar-refractivity contribution in [1.82, 2.24) is 0 Å². The molecule has 106 valence electrons. The number of Topliss-reactive ketones (excluding diaryl/α,β-unsaturated/α-hetero) is 1. The zero-order valence-corrected chi connectivity index (χ0v) is 13.5. The van der Waals surface area contributed by atoms with E-state index in [4.69, 9.17) is 9.47 Å². The van der Waals surface area contributed by atoms with Gasteiger partial charge in [-0.2, -0.15) is 0 Å². The summed E-state index contributed by atoms with van der Waals surface area (Å²) < 4.78 is 11.9. The van der Waals surface area contributed by atoms with Crippen LogP contribution in [0.15, 0.2) is 28.7 Å². The SMILES string of the molecule is COC(C)(C)CCOC(C)C(=O)c1ccc(Br)cc1. The topological polar surface area (TPSA) is 35.5 Å². The van der Waals surface area contributed by atoms with E-state index in [1.54, 1.807) is 26.2 Å². The second kappa shape index (κ2) is 7.17. The fourth-order valence-corrected chi connectivity index (χ4v) is 1.77. The van der Waals surface area contributed by atoms with Crippen LogP contribution < -0.4 is 0 Å². The zero-order chi connectivity index (χ0) is 14.5. The number of hydrogen-bond acceptors (Lipinski definition) is 3. The minimum absolute atomic E-state index is 0.00252. The Bertz CT molecular complexity index is 412. The number of methoxy groups -OCH3 is 1. The average Bonchev–Trinajstić information content (AvgIpc) is 2.38. The molecule has 1 aromatic rings. The molecule has 19 heavy (non-hydrogen) atoms. The van der Waals surface area contributed by atoms with E-state index in [-0.39, 0.29) is 11.4 Å². The van der Waals surface area contributed by atoms with Gasteiger partial charge in [0.2, 0.25) is 0 Å². The van der Waals surface area contributed by atoms with Crippen molar-refractivity contribution in [3.8, 4) is 0 Å². The van der Waals surface area contributed by atoms with Crippen LogP contribution in [0.25, 0.3) is 0 Å². The molecule has 0 heterocycles. The second-order valence-corrected chi connectivity index (χ2v) is 6.01. The van der Waals surface area contributed by atoms with E-state index in [0.29, 0.717) is 12.2 Å². The van der Waals surface area contributed by atoms with E-state index in [1.165, 1.54) is 0 Å². The zero-order valence-electron chi connectivity index (χ0n) is 11.9. The van der Waals surface area contributed by atoms with Crippen molar-refractivity contribution >= 4 is 21.7 Å². The van der Waals surface area contributed by atoms with Gasteiger partial charge in [-0.15, -0.1) is 0 Å². The highest BCUT2D eigenvalue weighted by Crippen LogP contribution is 2.15. The third-order valence-corrected chi connectivity index (χ3v) is 3.65. The first kappa shape index (κ1) is 16.3. The monoisotopic (exact) mass is 328 g/mol. The summed E-state index contributed by atoms with van der Waals surface area (Å²) in [5.74, 6) is 0.00252. The Kier molecular flexibility index (Phi) is 6.17. The molecule has 0 saturated heterocycles. The highest BCUT2D eigenvalue weighted by molar-refractivity contribution is 9.10. The predicted molar refractivity (Wildman–Crippen MR) is 79.6 cm³/mol. The van der Waals surface area contributed by atoms with Crippen molar-refractivity contribution in [1.29, 1.82) is 0 Å². The molecule has 0 aliphatic heterocycles. The Morgan fingerprint density at radius 2 is 1.89 bits per heavy atom. The van der Waals surface area contributed by atoms with Crippen LogP contribution in [0.4, 0.5) is 0 Å². The molecule has 0 aliphatic carbocycles. The van der Waals surface area contributed by atoms with Crippen LogP contribution in [0, 0.1) is 0 Å². The van der Waals surface area contributed by atoms with Crippen LogP contribution in [-0.2, 0) is 9.47 Å². The molecule has 0 N–H and O–H groups in total. The Hall–Kier alpha value is -0.710. The maximum Gasteiger partial charge on any atom is 0.191 e. The van der Waals surface area contributed by atoms with E-state index in [0.717, 1.165) is 10.9 Å². The third kappa shape index (κ3) is 5.43. The maximum atomic E-state index is 12.1. The van der Waals surface area contributed by atoms with Crippen LogP contribution in [0.1, 0.15) is 37.6 Å². The van der Waals surface area contributed by atoms with Crippen LogP contribution in [0.3, 0.4) is 0 Å². The van der Waals surface area contributed by atoms with Crippen molar-refractivity contribution in [2.45, 2.75) is 38.9 Å². The van der Waals surface area contributed by atoms with Crippen LogP contribution in [0.5, 0.6) is 0 Å². The van der Waals surface area contributed by atoms with Gasteiger partial charge in [0.25, 0.3) is 0 Å². The molecule has 1 unspecified atom stereocenters. The lowest BCUT2D eigenvalue weighted by Crippen LogP contribution is -2.27. The molecule has 1 aromatic carbocycles. The average molecular weight is 329 g/mol. The van der Waals surface area contributed by atoms with Crippen molar-refractivity contribution in [2.75, 3.05) is 13.7 Å². The molecular formula is C15H21BrO3. The first-order valence-corrected chi connectivity index (χ1v) is 7.11. The van der Waals surface area contributed by atoms with Gasteiger partial charge in [-0.25, -0.2) is 0 Å². The molecule has 0 fully saturated rings. The summed E-state index contributed by atoms with van der Waals surface area (Å²) in [6.45, 7) is 6.28. The van der Waals surface area contributed by atoms with Gasteiger partial charge in [-0.3, -0.25) is 4.79 Å². The summed E-state index contributed by atoms with van der Waals surface area (Å²) in [6.07, 6.45) is 0.315. The fraction of sp³-hybridized carbons (Fsp3) is 0.533. The van der Waals surface area contributed by atoms with Gasteiger partial charge in [-0.1, -0.05) is 28.1 Å². The Morgan fingerprint density at radius 1 is 1.32 bits per heavy atom. The molecule has 0 bridgehead atoms. The number of carbonyl (C=O) groups excluding carboxylic acids is 1. The molecule has 1 atom stereocenters. The quantitative estimate of drug-likeness (QED) is 0.713. The molecule has 0 amide bonds. The van der Waals surface area contributed by atoms with Gasteiger partial charge < -0.3 is 9.47 Å². The molecule has 0 saturated carbocycles. The Morgan fingerprint density at radius 3 is 2.42 bits per heavy atom. The van der Waals surface area contributed by atoms with Gasteiger partial charge in [0.15, 0.2) is 5.78 Å². The van der Waals surface area contributed by atoms with Crippen LogP contribution in [0.2, 0.25) is 0 Å². The Labute approximate surface area is 123 Å². The highest BCUT2D eigenvalue weighted by atomic mass is 79.9. The van der Waals surface area contributed by atoms with Crippen molar-refractivity contribution in [3.63, 3.8) is 0 Å². The number of hydrogen-bond donors (Lipinski definition) is 0. The fourth-order valence-electron chi connectivity index (χ4n) is 1.51. The molecule has 0 radical (unpaired) electrons. The number of ketones is 1. The number of ether oxygens (including phenoxy) is 2. The highest BCUT2D eigenvalue weighted by Gasteiger charge is 2.19. The molecule has 4 heteroatoms. The second-order valence-electron chi connectivity index (χ2n) is 5.10. The largest absolute Gasteiger partial charge is 0.379 e. The van der Waals surface area contributed by atoms with Crippen molar-refractivity contribution in [2.24, 2.45) is 0 Å². The summed E-state index contributed by atoms with van der Waals surface area (Å²) in [5.41, 5.74) is 0.446.